The molecule has 23 heavy (non-hydrogen) atoms. The molecule has 0 spiro atoms. The van der Waals surface area contributed by atoms with Crippen molar-refractivity contribution < 1.29 is 4.79 Å². The van der Waals surface area contributed by atoms with Gasteiger partial charge in [0.15, 0.2) is 0 Å². The zero-order valence-corrected chi connectivity index (χ0v) is 13.6. The number of nitrogens with zero attached hydrogens (tertiary/aromatic N) is 6. The fourth-order valence-electron chi connectivity index (χ4n) is 3.26. The maximum atomic E-state index is 12.5. The van der Waals surface area contributed by atoms with Gasteiger partial charge in [0.25, 0.3) is 0 Å². The molecule has 1 unspecified atom stereocenters. The first-order valence-corrected chi connectivity index (χ1v) is 8.40. The molecule has 0 N–H and O–H groups in total. The van der Waals surface area contributed by atoms with Gasteiger partial charge in [-0.15, -0.1) is 0 Å². The Morgan fingerprint density at radius 2 is 2.35 bits per heavy atom. The number of carbonyl (C=O) groups excluding carboxylic acids is 1. The van der Waals surface area contributed by atoms with Crippen molar-refractivity contribution in [3.8, 4) is 0 Å². The molecule has 7 nitrogen and oxygen atoms in total. The minimum Gasteiger partial charge on any atom is -0.341 e. The van der Waals surface area contributed by atoms with E-state index in [1.807, 2.05) is 17.3 Å². The molecule has 1 aliphatic heterocycles. The Morgan fingerprint density at radius 1 is 1.43 bits per heavy atom. The monoisotopic (exact) mass is 316 g/mol. The van der Waals surface area contributed by atoms with Gasteiger partial charge < -0.3 is 9.47 Å². The highest BCUT2D eigenvalue weighted by molar-refractivity contribution is 5.76. The summed E-state index contributed by atoms with van der Waals surface area (Å²) in [7, 11) is 0. The summed E-state index contributed by atoms with van der Waals surface area (Å²) in [6.45, 7) is 4.53. The second-order valence-corrected chi connectivity index (χ2v) is 6.00. The van der Waals surface area contributed by atoms with Crippen LogP contribution in [0.4, 0.5) is 0 Å². The summed E-state index contributed by atoms with van der Waals surface area (Å²) in [6.07, 6.45) is 11.6. The largest absolute Gasteiger partial charge is 0.341 e. The van der Waals surface area contributed by atoms with E-state index in [0.29, 0.717) is 12.5 Å². The number of likely N-dealkylation sites (tertiary alicyclic amines) is 1. The Balaban J connectivity index is 1.52. The first kappa shape index (κ1) is 15.7. The molecule has 3 rings (SSSR count). The van der Waals surface area contributed by atoms with E-state index in [4.69, 9.17) is 0 Å². The van der Waals surface area contributed by atoms with E-state index in [0.717, 1.165) is 51.1 Å². The van der Waals surface area contributed by atoms with Gasteiger partial charge in [-0.3, -0.25) is 9.48 Å². The standard InChI is InChI=1S/C16H24N6O/c1-2-15-18-7-10-22(15)14-5-3-8-20(11-14)16(23)6-4-9-21-13-17-12-19-21/h7,10,12-14H,2-6,8-9,11H2,1H3. The smallest absolute Gasteiger partial charge is 0.222 e. The molecule has 0 bridgehead atoms. The Bertz CT molecular complexity index is 620. The Morgan fingerprint density at radius 3 is 3.13 bits per heavy atom. The first-order valence-electron chi connectivity index (χ1n) is 8.40. The molecule has 2 aromatic heterocycles. The molecule has 7 heteroatoms. The number of piperidine rings is 1. The Labute approximate surface area is 136 Å². The van der Waals surface area contributed by atoms with Crippen LogP contribution in [-0.2, 0) is 17.8 Å². The molecular formula is C16H24N6O. The van der Waals surface area contributed by atoms with Crippen LogP contribution in [0.2, 0.25) is 0 Å². The molecule has 1 fully saturated rings. The highest BCUT2D eigenvalue weighted by atomic mass is 16.2. The summed E-state index contributed by atoms with van der Waals surface area (Å²) in [5.41, 5.74) is 0. The third kappa shape index (κ3) is 3.78. The maximum Gasteiger partial charge on any atom is 0.222 e. The van der Waals surface area contributed by atoms with Crippen LogP contribution in [0.25, 0.3) is 0 Å². The molecule has 1 atom stereocenters. The third-order valence-electron chi connectivity index (χ3n) is 4.45. The number of aryl methyl sites for hydroxylation is 2. The van der Waals surface area contributed by atoms with Gasteiger partial charge in [0.05, 0.1) is 6.04 Å². The van der Waals surface area contributed by atoms with Gasteiger partial charge in [-0.2, -0.15) is 5.10 Å². The molecule has 1 amide bonds. The second kappa shape index (κ2) is 7.39. The van der Waals surface area contributed by atoms with E-state index in [1.165, 1.54) is 6.33 Å². The van der Waals surface area contributed by atoms with Crippen LogP contribution < -0.4 is 0 Å². The van der Waals surface area contributed by atoms with Crippen molar-refractivity contribution in [1.29, 1.82) is 0 Å². The van der Waals surface area contributed by atoms with Gasteiger partial charge in [0, 0.05) is 44.9 Å². The molecule has 2 aromatic rings. The second-order valence-electron chi connectivity index (χ2n) is 6.00. The summed E-state index contributed by atoms with van der Waals surface area (Å²) < 4.78 is 4.01. The molecule has 1 aliphatic rings. The predicted molar refractivity (Wildman–Crippen MR) is 85.7 cm³/mol. The number of imidazole rings is 1. The van der Waals surface area contributed by atoms with E-state index in [9.17, 15) is 4.79 Å². The quantitative estimate of drug-likeness (QED) is 0.813. The average Bonchev–Trinajstić information content (AvgIpc) is 3.26. The molecule has 0 radical (unpaired) electrons. The molecule has 3 heterocycles. The number of rotatable bonds is 6. The predicted octanol–water partition coefficient (Wildman–Crippen LogP) is 1.68. The van der Waals surface area contributed by atoms with Crippen molar-refractivity contribution in [3.63, 3.8) is 0 Å². The normalized spacial score (nSPS) is 18.3. The lowest BCUT2D eigenvalue weighted by molar-refractivity contribution is -0.133. The maximum absolute atomic E-state index is 12.5. The van der Waals surface area contributed by atoms with Crippen molar-refractivity contribution in [3.05, 3.63) is 30.9 Å². The lowest BCUT2D eigenvalue weighted by atomic mass is 10.0. The van der Waals surface area contributed by atoms with E-state index < -0.39 is 0 Å². The Kier molecular flexibility index (Phi) is 5.05. The van der Waals surface area contributed by atoms with Gasteiger partial charge in [-0.25, -0.2) is 9.97 Å². The topological polar surface area (TPSA) is 68.8 Å². The van der Waals surface area contributed by atoms with E-state index >= 15 is 0 Å². The van der Waals surface area contributed by atoms with Gasteiger partial charge >= 0.3 is 0 Å². The summed E-state index contributed by atoms with van der Waals surface area (Å²) in [4.78, 5) is 22.8. The van der Waals surface area contributed by atoms with Crippen molar-refractivity contribution in [2.24, 2.45) is 0 Å². The highest BCUT2D eigenvalue weighted by Gasteiger charge is 2.25. The van der Waals surface area contributed by atoms with Gasteiger partial charge in [-0.1, -0.05) is 6.92 Å². The summed E-state index contributed by atoms with van der Waals surface area (Å²) >= 11 is 0. The summed E-state index contributed by atoms with van der Waals surface area (Å²) in [6, 6.07) is 0.362. The van der Waals surface area contributed by atoms with Crippen LogP contribution in [0.15, 0.2) is 25.0 Å². The zero-order valence-electron chi connectivity index (χ0n) is 13.6. The molecule has 0 aliphatic carbocycles. The SMILES string of the molecule is CCc1nccn1C1CCCN(C(=O)CCCn2cncn2)C1. The lowest BCUT2D eigenvalue weighted by Gasteiger charge is -2.34. The number of hydrogen-bond donors (Lipinski definition) is 0. The van der Waals surface area contributed by atoms with Crippen LogP contribution in [-0.4, -0.2) is 48.2 Å². The molecule has 0 aromatic carbocycles. The minimum absolute atomic E-state index is 0.243. The molecule has 0 saturated carbocycles. The fourth-order valence-corrected chi connectivity index (χ4v) is 3.26. The zero-order chi connectivity index (χ0) is 16.1. The van der Waals surface area contributed by atoms with Crippen LogP contribution in [0.3, 0.4) is 0 Å². The minimum atomic E-state index is 0.243. The average molecular weight is 316 g/mol. The fraction of sp³-hybridized carbons (Fsp3) is 0.625. The number of hydrogen-bond acceptors (Lipinski definition) is 4. The van der Waals surface area contributed by atoms with E-state index in [-0.39, 0.29) is 5.91 Å². The van der Waals surface area contributed by atoms with Crippen molar-refractivity contribution in [2.45, 2.75) is 51.6 Å². The highest BCUT2D eigenvalue weighted by Crippen LogP contribution is 2.23. The number of carbonyl (C=O) groups is 1. The van der Waals surface area contributed by atoms with Crippen molar-refractivity contribution >= 4 is 5.91 Å². The number of aromatic nitrogens is 5. The molecule has 1 saturated heterocycles. The summed E-state index contributed by atoms with van der Waals surface area (Å²) in [5, 5.41) is 4.06. The van der Waals surface area contributed by atoms with Crippen LogP contribution in [0, 0.1) is 0 Å². The van der Waals surface area contributed by atoms with Gasteiger partial charge in [0.1, 0.15) is 18.5 Å². The molecule has 124 valence electrons. The first-order chi connectivity index (χ1) is 11.3. The number of amides is 1. The van der Waals surface area contributed by atoms with Crippen LogP contribution >= 0.6 is 0 Å². The van der Waals surface area contributed by atoms with E-state index in [2.05, 4.69) is 26.6 Å². The van der Waals surface area contributed by atoms with Gasteiger partial charge in [0.2, 0.25) is 5.91 Å². The van der Waals surface area contributed by atoms with E-state index in [1.54, 1.807) is 11.0 Å². The van der Waals surface area contributed by atoms with Crippen LogP contribution in [0.5, 0.6) is 0 Å². The lowest BCUT2D eigenvalue weighted by Crippen LogP contribution is -2.40. The van der Waals surface area contributed by atoms with Crippen LogP contribution in [0.1, 0.15) is 44.5 Å². The van der Waals surface area contributed by atoms with Crippen molar-refractivity contribution in [2.75, 3.05) is 13.1 Å². The Hall–Kier alpha value is -2.18. The summed E-state index contributed by atoms with van der Waals surface area (Å²) in [5.74, 6) is 1.35. The molecular weight excluding hydrogens is 292 g/mol. The van der Waals surface area contributed by atoms with Gasteiger partial charge in [-0.05, 0) is 19.3 Å². The third-order valence-corrected chi connectivity index (χ3v) is 4.45. The van der Waals surface area contributed by atoms with Crippen molar-refractivity contribution in [1.82, 2.24) is 29.2 Å².